The van der Waals surface area contributed by atoms with Crippen molar-refractivity contribution in [3.8, 4) is 0 Å². The van der Waals surface area contributed by atoms with Crippen LogP contribution in [0.15, 0.2) is 30.3 Å². The van der Waals surface area contributed by atoms with Crippen LogP contribution in [0.2, 0.25) is 0 Å². The predicted octanol–water partition coefficient (Wildman–Crippen LogP) is 1.46. The van der Waals surface area contributed by atoms with Crippen LogP contribution in [-0.4, -0.2) is 36.3 Å². The number of benzene rings is 1. The van der Waals surface area contributed by atoms with Crippen molar-refractivity contribution in [3.63, 3.8) is 0 Å². The molecule has 0 saturated carbocycles. The Bertz CT molecular complexity index is 446. The number of anilines is 1. The summed E-state index contributed by atoms with van der Waals surface area (Å²) in [6.45, 7) is 4.02. The van der Waals surface area contributed by atoms with E-state index in [2.05, 4.69) is 5.32 Å². The number of rotatable bonds is 6. The highest BCUT2D eigenvalue weighted by Crippen LogP contribution is 2.07. The molecule has 0 aliphatic heterocycles. The van der Waals surface area contributed by atoms with E-state index in [9.17, 15) is 9.59 Å². The van der Waals surface area contributed by atoms with Gasteiger partial charge in [0, 0.05) is 12.7 Å². The fourth-order valence-electron chi connectivity index (χ4n) is 1.91. The second-order valence-electron chi connectivity index (χ2n) is 5.34. The van der Waals surface area contributed by atoms with E-state index in [0.717, 1.165) is 0 Å². The van der Waals surface area contributed by atoms with Gasteiger partial charge in [-0.1, -0.05) is 32.0 Å². The summed E-state index contributed by atoms with van der Waals surface area (Å²) < 4.78 is 0. The molecule has 0 saturated heterocycles. The van der Waals surface area contributed by atoms with Crippen LogP contribution in [-0.2, 0) is 9.59 Å². The molecule has 0 aliphatic rings. The van der Waals surface area contributed by atoms with Crippen LogP contribution in [0.4, 0.5) is 5.69 Å². The maximum absolute atomic E-state index is 12.0. The molecule has 1 aromatic carbocycles. The zero-order valence-electron chi connectivity index (χ0n) is 12.3. The Labute approximate surface area is 120 Å². The number of para-hydroxylation sites is 1. The normalized spacial score (nSPS) is 12.1. The Morgan fingerprint density at radius 1 is 1.25 bits per heavy atom. The minimum absolute atomic E-state index is 0.000473. The number of likely N-dealkylation sites (N-methyl/N-ethyl adjacent to an activating group) is 1. The number of nitrogens with zero attached hydrogens (tertiary/aromatic N) is 1. The van der Waals surface area contributed by atoms with E-state index >= 15 is 0 Å². The number of nitrogens with two attached hydrogens (primary N) is 1. The van der Waals surface area contributed by atoms with Crippen molar-refractivity contribution in [1.29, 1.82) is 0 Å². The van der Waals surface area contributed by atoms with Gasteiger partial charge in [-0.25, -0.2) is 0 Å². The Balaban J connectivity index is 2.47. The Kier molecular flexibility index (Phi) is 6.18. The fourth-order valence-corrected chi connectivity index (χ4v) is 1.91. The molecule has 0 fully saturated rings. The molecule has 5 heteroatoms. The average Bonchev–Trinajstić information content (AvgIpc) is 2.37. The van der Waals surface area contributed by atoms with E-state index in [0.29, 0.717) is 18.0 Å². The second-order valence-corrected chi connectivity index (χ2v) is 5.34. The lowest BCUT2D eigenvalue weighted by Gasteiger charge is -2.21. The molecule has 1 aromatic rings. The van der Waals surface area contributed by atoms with Gasteiger partial charge in [0.2, 0.25) is 11.8 Å². The van der Waals surface area contributed by atoms with E-state index < -0.39 is 6.04 Å². The highest BCUT2D eigenvalue weighted by Gasteiger charge is 2.20. The minimum atomic E-state index is -0.551. The maximum Gasteiger partial charge on any atom is 0.243 e. The SMILES string of the molecule is CC(C)C[C@H](N)C(=O)N(C)CC(=O)Nc1ccccc1. The zero-order chi connectivity index (χ0) is 15.1. The molecule has 0 aliphatic carbocycles. The van der Waals surface area contributed by atoms with Crippen molar-refractivity contribution >= 4 is 17.5 Å². The summed E-state index contributed by atoms with van der Waals surface area (Å²) >= 11 is 0. The van der Waals surface area contributed by atoms with Crippen LogP contribution < -0.4 is 11.1 Å². The summed E-state index contributed by atoms with van der Waals surface area (Å²) in [5, 5.41) is 2.73. The van der Waals surface area contributed by atoms with Gasteiger partial charge in [0.25, 0.3) is 0 Å². The molecule has 5 nitrogen and oxygen atoms in total. The minimum Gasteiger partial charge on any atom is -0.335 e. The maximum atomic E-state index is 12.0. The summed E-state index contributed by atoms with van der Waals surface area (Å²) in [6.07, 6.45) is 0.615. The summed E-state index contributed by atoms with van der Waals surface area (Å²) in [5.41, 5.74) is 6.54. The Morgan fingerprint density at radius 2 is 1.85 bits per heavy atom. The Morgan fingerprint density at radius 3 is 2.40 bits per heavy atom. The quantitative estimate of drug-likeness (QED) is 0.826. The first-order valence-electron chi connectivity index (χ1n) is 6.75. The summed E-state index contributed by atoms with van der Waals surface area (Å²) in [5.74, 6) is -0.0915. The van der Waals surface area contributed by atoms with Crippen molar-refractivity contribution in [1.82, 2.24) is 4.90 Å². The summed E-state index contributed by atoms with van der Waals surface area (Å²) in [4.78, 5) is 25.2. The van der Waals surface area contributed by atoms with Crippen molar-refractivity contribution < 1.29 is 9.59 Å². The molecular weight excluding hydrogens is 254 g/mol. The summed E-state index contributed by atoms with van der Waals surface area (Å²) in [6, 6.07) is 8.58. The lowest BCUT2D eigenvalue weighted by atomic mass is 10.0. The lowest BCUT2D eigenvalue weighted by molar-refractivity contribution is -0.134. The number of amides is 2. The first-order chi connectivity index (χ1) is 9.40. The van der Waals surface area contributed by atoms with E-state index in [-0.39, 0.29) is 18.4 Å². The van der Waals surface area contributed by atoms with E-state index in [1.807, 2.05) is 32.0 Å². The molecule has 0 radical (unpaired) electrons. The van der Waals surface area contributed by atoms with Crippen LogP contribution in [0.5, 0.6) is 0 Å². The van der Waals surface area contributed by atoms with E-state index in [1.165, 1.54) is 4.90 Å². The molecule has 0 unspecified atom stereocenters. The number of hydrogen-bond acceptors (Lipinski definition) is 3. The zero-order valence-corrected chi connectivity index (χ0v) is 12.3. The third-order valence-corrected chi connectivity index (χ3v) is 2.86. The van der Waals surface area contributed by atoms with Gasteiger partial charge in [-0.3, -0.25) is 9.59 Å². The van der Waals surface area contributed by atoms with Crippen LogP contribution in [0.25, 0.3) is 0 Å². The van der Waals surface area contributed by atoms with Gasteiger partial charge in [0.05, 0.1) is 12.6 Å². The monoisotopic (exact) mass is 277 g/mol. The molecule has 2 amide bonds. The van der Waals surface area contributed by atoms with E-state index in [1.54, 1.807) is 19.2 Å². The van der Waals surface area contributed by atoms with Crippen LogP contribution >= 0.6 is 0 Å². The van der Waals surface area contributed by atoms with Gasteiger partial charge in [-0.05, 0) is 24.5 Å². The molecule has 0 heterocycles. The van der Waals surface area contributed by atoms with Crippen molar-refractivity contribution in [3.05, 3.63) is 30.3 Å². The number of nitrogens with one attached hydrogen (secondary N) is 1. The second kappa shape index (κ2) is 7.65. The topological polar surface area (TPSA) is 75.4 Å². The molecule has 1 atom stereocenters. The molecule has 1 rings (SSSR count). The molecule has 20 heavy (non-hydrogen) atoms. The fraction of sp³-hybridized carbons (Fsp3) is 0.467. The molecule has 110 valence electrons. The van der Waals surface area contributed by atoms with Crippen LogP contribution in [0, 0.1) is 5.92 Å². The van der Waals surface area contributed by atoms with Gasteiger partial charge < -0.3 is 16.0 Å². The first-order valence-corrected chi connectivity index (χ1v) is 6.75. The smallest absolute Gasteiger partial charge is 0.243 e. The third-order valence-electron chi connectivity index (χ3n) is 2.86. The molecule has 0 aromatic heterocycles. The largest absolute Gasteiger partial charge is 0.335 e. The van der Waals surface area contributed by atoms with Crippen molar-refractivity contribution in [2.75, 3.05) is 18.9 Å². The Hall–Kier alpha value is -1.88. The molecular formula is C15H23N3O2. The lowest BCUT2D eigenvalue weighted by Crippen LogP contribution is -2.45. The summed E-state index contributed by atoms with van der Waals surface area (Å²) in [7, 11) is 1.59. The average molecular weight is 277 g/mol. The standard InChI is InChI=1S/C15H23N3O2/c1-11(2)9-13(16)15(20)18(3)10-14(19)17-12-7-5-4-6-8-12/h4-8,11,13H,9-10,16H2,1-3H3,(H,17,19)/t13-/m0/s1. The van der Waals surface area contributed by atoms with Gasteiger partial charge in [-0.2, -0.15) is 0 Å². The van der Waals surface area contributed by atoms with Crippen LogP contribution in [0.3, 0.4) is 0 Å². The van der Waals surface area contributed by atoms with Gasteiger partial charge in [-0.15, -0.1) is 0 Å². The van der Waals surface area contributed by atoms with Gasteiger partial charge in [0.1, 0.15) is 0 Å². The van der Waals surface area contributed by atoms with Gasteiger partial charge >= 0.3 is 0 Å². The van der Waals surface area contributed by atoms with Crippen molar-refractivity contribution in [2.45, 2.75) is 26.3 Å². The number of hydrogen-bond donors (Lipinski definition) is 2. The van der Waals surface area contributed by atoms with Gasteiger partial charge in [0.15, 0.2) is 0 Å². The van der Waals surface area contributed by atoms with Crippen LogP contribution in [0.1, 0.15) is 20.3 Å². The predicted molar refractivity (Wildman–Crippen MR) is 80.1 cm³/mol. The molecule has 3 N–H and O–H groups in total. The third kappa shape index (κ3) is 5.40. The number of carbonyl (C=O) groups excluding carboxylic acids is 2. The molecule has 0 spiro atoms. The van der Waals surface area contributed by atoms with E-state index in [4.69, 9.17) is 5.73 Å². The number of carbonyl (C=O) groups is 2. The highest BCUT2D eigenvalue weighted by atomic mass is 16.2. The first kappa shape index (κ1) is 16.2. The van der Waals surface area contributed by atoms with Crippen molar-refractivity contribution in [2.24, 2.45) is 11.7 Å². The highest BCUT2D eigenvalue weighted by molar-refractivity contribution is 5.95. The molecule has 0 bridgehead atoms.